The molecular weight excluding hydrogens is 436 g/mol. The maximum Gasteiger partial charge on any atom is 0.242 e. The molecule has 0 fully saturated rings. The number of rotatable bonds is 11. The SMILES string of the molecule is CCOc1ccccc1NC(=O)CS(=O)(=O)C(CC)C(=O)Nc1cc(OC)ccc1OC. The van der Waals surface area contributed by atoms with Crippen LogP contribution in [-0.2, 0) is 19.4 Å². The Morgan fingerprint density at radius 1 is 0.938 bits per heavy atom. The van der Waals surface area contributed by atoms with Crippen LogP contribution in [0.5, 0.6) is 17.2 Å². The van der Waals surface area contributed by atoms with E-state index >= 15 is 0 Å². The molecule has 9 nitrogen and oxygen atoms in total. The smallest absolute Gasteiger partial charge is 0.242 e. The number of para-hydroxylation sites is 2. The van der Waals surface area contributed by atoms with Crippen molar-refractivity contribution in [1.82, 2.24) is 0 Å². The second-order valence-corrected chi connectivity index (χ2v) is 8.92. The lowest BCUT2D eigenvalue weighted by Crippen LogP contribution is -2.39. The van der Waals surface area contributed by atoms with E-state index in [1.807, 2.05) is 0 Å². The van der Waals surface area contributed by atoms with Crippen molar-refractivity contribution in [2.24, 2.45) is 0 Å². The van der Waals surface area contributed by atoms with Crippen molar-refractivity contribution < 1.29 is 32.2 Å². The minimum Gasteiger partial charge on any atom is -0.497 e. The molecule has 32 heavy (non-hydrogen) atoms. The zero-order chi connectivity index (χ0) is 23.7. The van der Waals surface area contributed by atoms with Crippen LogP contribution in [-0.4, -0.2) is 52.1 Å². The molecule has 1 atom stereocenters. The first-order valence-electron chi connectivity index (χ1n) is 10.0. The van der Waals surface area contributed by atoms with Crippen LogP contribution >= 0.6 is 0 Å². The van der Waals surface area contributed by atoms with Gasteiger partial charge in [0.25, 0.3) is 0 Å². The summed E-state index contributed by atoms with van der Waals surface area (Å²) in [5, 5.41) is 3.68. The Hall–Kier alpha value is -3.27. The lowest BCUT2D eigenvalue weighted by atomic mass is 10.2. The van der Waals surface area contributed by atoms with Gasteiger partial charge in [-0.3, -0.25) is 9.59 Å². The van der Waals surface area contributed by atoms with E-state index in [1.165, 1.54) is 20.3 Å². The van der Waals surface area contributed by atoms with Crippen LogP contribution in [0.2, 0.25) is 0 Å². The number of amides is 2. The third kappa shape index (κ3) is 6.36. The van der Waals surface area contributed by atoms with Crippen molar-refractivity contribution in [1.29, 1.82) is 0 Å². The monoisotopic (exact) mass is 464 g/mol. The quantitative estimate of drug-likeness (QED) is 0.525. The number of carbonyl (C=O) groups excluding carboxylic acids is 2. The van der Waals surface area contributed by atoms with Crippen LogP contribution in [0.25, 0.3) is 0 Å². The highest BCUT2D eigenvalue weighted by Gasteiger charge is 2.33. The molecule has 0 aliphatic heterocycles. The van der Waals surface area contributed by atoms with Crippen LogP contribution in [0.4, 0.5) is 11.4 Å². The molecule has 0 spiro atoms. The molecule has 1 unspecified atom stereocenters. The molecule has 0 radical (unpaired) electrons. The summed E-state index contributed by atoms with van der Waals surface area (Å²) >= 11 is 0. The summed E-state index contributed by atoms with van der Waals surface area (Å²) in [6.07, 6.45) is -0.0107. The Bertz CT molecular complexity index is 1050. The number of ether oxygens (including phenoxy) is 3. The van der Waals surface area contributed by atoms with Crippen LogP contribution in [0.3, 0.4) is 0 Å². The van der Waals surface area contributed by atoms with Crippen molar-refractivity contribution in [3.8, 4) is 17.2 Å². The Morgan fingerprint density at radius 2 is 1.66 bits per heavy atom. The first kappa shape index (κ1) is 25.0. The molecule has 0 heterocycles. The van der Waals surface area contributed by atoms with E-state index in [9.17, 15) is 18.0 Å². The van der Waals surface area contributed by atoms with Gasteiger partial charge in [0.2, 0.25) is 11.8 Å². The first-order valence-corrected chi connectivity index (χ1v) is 11.7. The average Bonchev–Trinajstić information content (AvgIpc) is 2.75. The van der Waals surface area contributed by atoms with Crippen molar-refractivity contribution >= 4 is 33.0 Å². The van der Waals surface area contributed by atoms with E-state index in [4.69, 9.17) is 14.2 Å². The molecule has 2 aromatic carbocycles. The minimum atomic E-state index is -4.11. The van der Waals surface area contributed by atoms with Gasteiger partial charge in [-0.05, 0) is 37.6 Å². The number of sulfone groups is 1. The van der Waals surface area contributed by atoms with Crippen molar-refractivity contribution in [3.63, 3.8) is 0 Å². The van der Waals surface area contributed by atoms with Gasteiger partial charge >= 0.3 is 0 Å². The molecule has 10 heteroatoms. The van der Waals surface area contributed by atoms with Crippen LogP contribution < -0.4 is 24.8 Å². The number of nitrogens with one attached hydrogen (secondary N) is 2. The van der Waals surface area contributed by atoms with E-state index < -0.39 is 32.7 Å². The lowest BCUT2D eigenvalue weighted by Gasteiger charge is -2.18. The number of benzene rings is 2. The van der Waals surface area contributed by atoms with E-state index in [-0.39, 0.29) is 12.1 Å². The van der Waals surface area contributed by atoms with Gasteiger partial charge in [0.15, 0.2) is 9.84 Å². The van der Waals surface area contributed by atoms with Crippen LogP contribution in [0.1, 0.15) is 20.3 Å². The summed E-state index contributed by atoms with van der Waals surface area (Å²) in [6, 6.07) is 11.5. The molecule has 0 bridgehead atoms. The van der Waals surface area contributed by atoms with Crippen molar-refractivity contribution in [2.45, 2.75) is 25.5 Å². The number of anilines is 2. The van der Waals surface area contributed by atoms with Gasteiger partial charge in [-0.15, -0.1) is 0 Å². The highest BCUT2D eigenvalue weighted by molar-refractivity contribution is 7.93. The summed E-state index contributed by atoms with van der Waals surface area (Å²) in [5.41, 5.74) is 0.619. The fourth-order valence-electron chi connectivity index (χ4n) is 3.05. The van der Waals surface area contributed by atoms with Crippen LogP contribution in [0.15, 0.2) is 42.5 Å². The number of hydrogen-bond donors (Lipinski definition) is 2. The van der Waals surface area contributed by atoms with E-state index in [1.54, 1.807) is 50.2 Å². The normalized spacial score (nSPS) is 11.9. The highest BCUT2D eigenvalue weighted by atomic mass is 32.2. The van der Waals surface area contributed by atoms with E-state index in [0.29, 0.717) is 29.5 Å². The molecule has 0 aliphatic rings. The molecular formula is C22H28N2O7S. The third-order valence-corrected chi connectivity index (χ3v) is 6.63. The maximum atomic E-state index is 12.9. The zero-order valence-electron chi connectivity index (χ0n) is 18.5. The molecule has 0 saturated heterocycles. The van der Waals surface area contributed by atoms with Gasteiger partial charge < -0.3 is 24.8 Å². The Kier molecular flexibility index (Phi) is 8.89. The molecule has 2 N–H and O–H groups in total. The van der Waals surface area contributed by atoms with Gasteiger partial charge in [-0.1, -0.05) is 19.1 Å². The molecule has 0 saturated carbocycles. The Balaban J connectivity index is 2.16. The highest BCUT2D eigenvalue weighted by Crippen LogP contribution is 2.29. The topological polar surface area (TPSA) is 120 Å². The summed E-state index contributed by atoms with van der Waals surface area (Å²) in [5.74, 6) is -1.14. The predicted octanol–water partition coefficient (Wildman–Crippen LogP) is 2.87. The van der Waals surface area contributed by atoms with E-state index in [0.717, 1.165) is 0 Å². The van der Waals surface area contributed by atoms with E-state index in [2.05, 4.69) is 10.6 Å². The number of hydrogen-bond acceptors (Lipinski definition) is 7. The molecule has 174 valence electrons. The standard InChI is InChI=1S/C22H28N2O7S/c1-5-20(22(26)24-17-13-15(29-3)11-12-18(17)30-4)32(27,28)14-21(25)23-16-9-7-8-10-19(16)31-6-2/h7-13,20H,5-6,14H2,1-4H3,(H,23,25)(H,24,26). The van der Waals surface area contributed by atoms with Gasteiger partial charge in [-0.25, -0.2) is 8.42 Å². The fourth-order valence-corrected chi connectivity index (χ4v) is 4.58. The number of carbonyl (C=O) groups is 2. The number of methoxy groups -OCH3 is 2. The van der Waals surface area contributed by atoms with Gasteiger partial charge in [0.05, 0.1) is 32.2 Å². The summed E-state index contributed by atoms with van der Waals surface area (Å²) < 4.78 is 41.5. The van der Waals surface area contributed by atoms with Gasteiger partial charge in [0, 0.05) is 6.07 Å². The Morgan fingerprint density at radius 3 is 2.28 bits per heavy atom. The zero-order valence-corrected chi connectivity index (χ0v) is 19.3. The lowest BCUT2D eigenvalue weighted by molar-refractivity contribution is -0.115. The van der Waals surface area contributed by atoms with Gasteiger partial charge in [0.1, 0.15) is 28.3 Å². The van der Waals surface area contributed by atoms with Gasteiger partial charge in [-0.2, -0.15) is 0 Å². The van der Waals surface area contributed by atoms with Crippen molar-refractivity contribution in [2.75, 3.05) is 37.2 Å². The maximum absolute atomic E-state index is 12.9. The minimum absolute atomic E-state index is 0.0107. The summed E-state index contributed by atoms with van der Waals surface area (Å²) in [7, 11) is -1.21. The van der Waals surface area contributed by atoms with Crippen LogP contribution in [0, 0.1) is 0 Å². The van der Waals surface area contributed by atoms with Crippen molar-refractivity contribution in [3.05, 3.63) is 42.5 Å². The predicted molar refractivity (Wildman–Crippen MR) is 122 cm³/mol. The summed E-state index contributed by atoms with van der Waals surface area (Å²) in [6.45, 7) is 3.74. The average molecular weight is 465 g/mol. The largest absolute Gasteiger partial charge is 0.497 e. The third-order valence-electron chi connectivity index (χ3n) is 4.55. The Labute approximate surface area is 188 Å². The first-order chi connectivity index (χ1) is 15.2. The molecule has 0 aromatic heterocycles. The fraction of sp³-hybridized carbons (Fsp3) is 0.364. The summed E-state index contributed by atoms with van der Waals surface area (Å²) in [4.78, 5) is 25.3. The molecule has 0 aliphatic carbocycles. The molecule has 2 amide bonds. The second kappa shape index (κ2) is 11.4. The molecule has 2 rings (SSSR count). The molecule has 2 aromatic rings. The second-order valence-electron chi connectivity index (χ2n) is 6.74.